The Bertz CT molecular complexity index is 266. The highest BCUT2D eigenvalue weighted by molar-refractivity contribution is 7.85. The Morgan fingerprint density at radius 2 is 1.87 bits per heavy atom. The molecule has 0 aromatic carbocycles. The van der Waals surface area contributed by atoms with Crippen molar-refractivity contribution in [2.24, 2.45) is 11.8 Å². The number of hydrogen-bond donors (Lipinski definition) is 1. The van der Waals surface area contributed by atoms with Crippen LogP contribution in [0.2, 0.25) is 0 Å². The minimum atomic E-state index is -3.78. The van der Waals surface area contributed by atoms with E-state index >= 15 is 0 Å². The quantitative estimate of drug-likeness (QED) is 0.744. The van der Waals surface area contributed by atoms with Crippen molar-refractivity contribution in [3.8, 4) is 0 Å². The third-order valence-electron chi connectivity index (χ3n) is 3.29. The molecular formula is C11H22O3S. The van der Waals surface area contributed by atoms with Crippen molar-refractivity contribution in [2.75, 3.05) is 5.75 Å². The fraction of sp³-hybridized carbons (Fsp3) is 1.00. The molecule has 1 N–H and O–H groups in total. The van der Waals surface area contributed by atoms with Crippen LogP contribution >= 0.6 is 0 Å². The van der Waals surface area contributed by atoms with E-state index in [4.69, 9.17) is 4.55 Å². The van der Waals surface area contributed by atoms with Crippen molar-refractivity contribution in [3.63, 3.8) is 0 Å². The van der Waals surface area contributed by atoms with Crippen LogP contribution in [0.3, 0.4) is 0 Å². The molecule has 0 heterocycles. The van der Waals surface area contributed by atoms with Gasteiger partial charge in [-0.1, -0.05) is 45.4 Å². The molecule has 1 aliphatic rings. The molecule has 0 aromatic heterocycles. The van der Waals surface area contributed by atoms with Gasteiger partial charge in [-0.2, -0.15) is 8.42 Å². The maximum atomic E-state index is 10.6. The van der Waals surface area contributed by atoms with E-state index in [1.165, 1.54) is 32.1 Å². The zero-order chi connectivity index (χ0) is 11.3. The summed E-state index contributed by atoms with van der Waals surface area (Å²) >= 11 is 0. The molecule has 0 spiro atoms. The van der Waals surface area contributed by atoms with E-state index in [0.29, 0.717) is 0 Å². The van der Waals surface area contributed by atoms with Gasteiger partial charge < -0.3 is 0 Å². The summed E-state index contributed by atoms with van der Waals surface area (Å²) in [4.78, 5) is 0. The Balaban J connectivity index is 2.18. The van der Waals surface area contributed by atoms with Gasteiger partial charge in [-0.3, -0.25) is 4.55 Å². The van der Waals surface area contributed by atoms with Gasteiger partial charge in [0.15, 0.2) is 0 Å². The van der Waals surface area contributed by atoms with Crippen molar-refractivity contribution in [1.29, 1.82) is 0 Å². The van der Waals surface area contributed by atoms with Crippen LogP contribution in [0.25, 0.3) is 0 Å². The molecule has 3 nitrogen and oxygen atoms in total. The van der Waals surface area contributed by atoms with Gasteiger partial charge >= 0.3 is 0 Å². The Hall–Kier alpha value is -0.0900. The minimum absolute atomic E-state index is 0.0836. The topological polar surface area (TPSA) is 54.4 Å². The number of rotatable bonds is 5. The van der Waals surface area contributed by atoms with E-state index in [9.17, 15) is 8.42 Å². The Labute approximate surface area is 93.0 Å². The van der Waals surface area contributed by atoms with Gasteiger partial charge in [0.2, 0.25) is 0 Å². The second-order valence-corrected chi connectivity index (χ2v) is 6.43. The van der Waals surface area contributed by atoms with Crippen LogP contribution in [0, 0.1) is 11.8 Å². The van der Waals surface area contributed by atoms with Crippen LogP contribution in [-0.4, -0.2) is 18.7 Å². The van der Waals surface area contributed by atoms with E-state index in [-0.39, 0.29) is 11.7 Å². The largest absolute Gasteiger partial charge is 0.286 e. The SMILES string of the molecule is CC(CCC1CCCCC1)CS(=O)(=O)O. The molecule has 4 heteroatoms. The molecule has 15 heavy (non-hydrogen) atoms. The lowest BCUT2D eigenvalue weighted by atomic mass is 9.85. The molecule has 90 valence electrons. The molecule has 1 unspecified atom stereocenters. The highest BCUT2D eigenvalue weighted by Crippen LogP contribution is 2.28. The Kier molecular flexibility index (Phi) is 5.06. The third-order valence-corrected chi connectivity index (χ3v) is 4.28. The molecule has 0 aliphatic heterocycles. The molecule has 0 amide bonds. The zero-order valence-corrected chi connectivity index (χ0v) is 10.3. The Morgan fingerprint density at radius 1 is 1.27 bits per heavy atom. The van der Waals surface area contributed by atoms with Gasteiger partial charge in [-0.15, -0.1) is 0 Å². The normalized spacial score (nSPS) is 21.5. The summed E-state index contributed by atoms with van der Waals surface area (Å²) in [7, 11) is -3.78. The predicted octanol–water partition coefficient (Wildman–Crippen LogP) is 2.87. The molecule has 0 saturated heterocycles. The van der Waals surface area contributed by atoms with Crippen molar-refractivity contribution in [1.82, 2.24) is 0 Å². The average Bonchev–Trinajstić information content (AvgIpc) is 2.14. The highest BCUT2D eigenvalue weighted by Gasteiger charge is 2.17. The second kappa shape index (κ2) is 5.85. The van der Waals surface area contributed by atoms with E-state index in [0.717, 1.165) is 18.8 Å². The van der Waals surface area contributed by atoms with Gasteiger partial charge in [0.1, 0.15) is 0 Å². The van der Waals surface area contributed by atoms with Gasteiger partial charge in [0.25, 0.3) is 10.1 Å². The van der Waals surface area contributed by atoms with Crippen LogP contribution in [-0.2, 0) is 10.1 Å². The summed E-state index contributed by atoms with van der Waals surface area (Å²) in [5.74, 6) is 0.796. The molecule has 1 fully saturated rings. The molecular weight excluding hydrogens is 212 g/mol. The van der Waals surface area contributed by atoms with Crippen LogP contribution in [0.5, 0.6) is 0 Å². The lowest BCUT2D eigenvalue weighted by molar-refractivity contribution is 0.316. The highest BCUT2D eigenvalue weighted by atomic mass is 32.2. The van der Waals surface area contributed by atoms with Crippen LogP contribution in [0.15, 0.2) is 0 Å². The average molecular weight is 234 g/mol. The van der Waals surface area contributed by atoms with E-state index in [2.05, 4.69) is 0 Å². The van der Waals surface area contributed by atoms with Crippen molar-refractivity contribution in [3.05, 3.63) is 0 Å². The van der Waals surface area contributed by atoms with Gasteiger partial charge in [0, 0.05) is 0 Å². The van der Waals surface area contributed by atoms with Crippen molar-refractivity contribution in [2.45, 2.75) is 51.9 Å². The summed E-state index contributed by atoms with van der Waals surface area (Å²) in [5, 5.41) is 0. The van der Waals surface area contributed by atoms with Gasteiger partial charge in [-0.05, 0) is 18.3 Å². The number of hydrogen-bond acceptors (Lipinski definition) is 2. The van der Waals surface area contributed by atoms with E-state index in [1.54, 1.807) is 0 Å². The Morgan fingerprint density at radius 3 is 2.40 bits per heavy atom. The molecule has 0 radical (unpaired) electrons. The van der Waals surface area contributed by atoms with Crippen LogP contribution < -0.4 is 0 Å². The minimum Gasteiger partial charge on any atom is -0.286 e. The van der Waals surface area contributed by atoms with Crippen LogP contribution in [0.4, 0.5) is 0 Å². The summed E-state index contributed by atoms with van der Waals surface area (Å²) < 4.78 is 30.0. The first-order valence-corrected chi connectivity index (χ1v) is 7.53. The smallest absolute Gasteiger partial charge is 0.265 e. The first-order valence-electron chi connectivity index (χ1n) is 5.92. The predicted molar refractivity (Wildman–Crippen MR) is 61.4 cm³/mol. The third kappa shape index (κ3) is 6.15. The molecule has 1 rings (SSSR count). The first-order chi connectivity index (χ1) is 6.97. The maximum Gasteiger partial charge on any atom is 0.265 e. The summed E-state index contributed by atoms with van der Waals surface area (Å²) in [6.07, 6.45) is 8.67. The zero-order valence-electron chi connectivity index (χ0n) is 9.48. The standard InChI is InChI=1S/C11H22O3S/c1-10(9-15(12,13)14)7-8-11-5-3-2-4-6-11/h10-11H,2-9H2,1H3,(H,12,13,14). The molecule has 0 bridgehead atoms. The fourth-order valence-corrected chi connectivity index (χ4v) is 3.32. The first kappa shape index (κ1) is 13.0. The summed E-state index contributed by atoms with van der Waals surface area (Å²) in [5.41, 5.74) is 0. The molecule has 1 saturated carbocycles. The maximum absolute atomic E-state index is 10.6. The van der Waals surface area contributed by atoms with Crippen molar-refractivity contribution < 1.29 is 13.0 Å². The second-order valence-electron chi connectivity index (χ2n) is 4.94. The molecule has 1 aliphatic carbocycles. The molecule has 1 atom stereocenters. The fourth-order valence-electron chi connectivity index (χ4n) is 2.44. The van der Waals surface area contributed by atoms with E-state index < -0.39 is 10.1 Å². The monoisotopic (exact) mass is 234 g/mol. The molecule has 0 aromatic rings. The van der Waals surface area contributed by atoms with Crippen LogP contribution in [0.1, 0.15) is 51.9 Å². The summed E-state index contributed by atoms with van der Waals surface area (Å²) in [6, 6.07) is 0. The lowest BCUT2D eigenvalue weighted by Gasteiger charge is -2.22. The van der Waals surface area contributed by atoms with E-state index in [1.807, 2.05) is 6.92 Å². The van der Waals surface area contributed by atoms with Gasteiger partial charge in [0.05, 0.1) is 5.75 Å². The van der Waals surface area contributed by atoms with Gasteiger partial charge in [-0.25, -0.2) is 0 Å². The lowest BCUT2D eigenvalue weighted by Crippen LogP contribution is -2.14. The van der Waals surface area contributed by atoms with Crippen molar-refractivity contribution >= 4 is 10.1 Å². The summed E-state index contributed by atoms with van der Waals surface area (Å²) in [6.45, 7) is 1.90.